The summed E-state index contributed by atoms with van der Waals surface area (Å²) < 4.78 is 29.5. The largest absolute Gasteiger partial charge is 0.473 e. The van der Waals surface area contributed by atoms with E-state index in [2.05, 4.69) is 25.9 Å². The van der Waals surface area contributed by atoms with Crippen molar-refractivity contribution >= 4 is 37.8 Å². The number of sulfone groups is 1. The van der Waals surface area contributed by atoms with Gasteiger partial charge >= 0.3 is 0 Å². The minimum Gasteiger partial charge on any atom is -0.473 e. The lowest BCUT2D eigenvalue weighted by Gasteiger charge is -2.23. The molecule has 1 aliphatic rings. The van der Waals surface area contributed by atoms with E-state index in [1.165, 1.54) is 0 Å². The molecule has 2 rings (SSSR count). The second-order valence-electron chi connectivity index (χ2n) is 5.67. The van der Waals surface area contributed by atoms with Gasteiger partial charge in [-0.2, -0.15) is 0 Å². The van der Waals surface area contributed by atoms with Crippen molar-refractivity contribution in [2.24, 2.45) is 4.99 Å². The van der Waals surface area contributed by atoms with Crippen molar-refractivity contribution in [2.75, 3.05) is 25.1 Å². The Bertz CT molecular complexity index is 677. The highest BCUT2D eigenvalue weighted by atomic mass is 79.9. The molecule has 0 saturated carbocycles. The molecule has 0 amide bonds. The predicted molar refractivity (Wildman–Crippen MR) is 95.4 cm³/mol. The fourth-order valence-corrected chi connectivity index (χ4v) is 4.00. The Hall–Kier alpha value is -1.15. The van der Waals surface area contributed by atoms with E-state index < -0.39 is 9.84 Å². The normalized spacial score (nSPS) is 18.3. The van der Waals surface area contributed by atoms with Gasteiger partial charge in [0.2, 0.25) is 5.88 Å². The minimum atomic E-state index is -2.89. The Morgan fingerprint density at radius 3 is 2.74 bits per heavy atom. The number of rotatable bonds is 5. The summed E-state index contributed by atoms with van der Waals surface area (Å²) in [6, 6.07) is 1.87. The summed E-state index contributed by atoms with van der Waals surface area (Å²) in [5, 5.41) is 0. The summed E-state index contributed by atoms with van der Waals surface area (Å²) >= 11 is 3.46. The Labute approximate surface area is 146 Å². The number of pyridine rings is 1. The van der Waals surface area contributed by atoms with Crippen LogP contribution in [0.4, 0.5) is 5.69 Å². The highest BCUT2D eigenvalue weighted by Crippen LogP contribution is 2.31. The molecule has 0 radical (unpaired) electrons. The molecule has 0 aromatic carbocycles. The van der Waals surface area contributed by atoms with Crippen LogP contribution in [-0.4, -0.2) is 55.8 Å². The highest BCUT2D eigenvalue weighted by Gasteiger charge is 2.25. The quantitative estimate of drug-likeness (QED) is 0.558. The van der Waals surface area contributed by atoms with Crippen LogP contribution >= 0.6 is 15.9 Å². The topological polar surface area (TPSA) is 71.9 Å². The third-order valence-electron chi connectivity index (χ3n) is 3.78. The van der Waals surface area contributed by atoms with Gasteiger partial charge in [-0.15, -0.1) is 0 Å². The zero-order valence-electron chi connectivity index (χ0n) is 13.6. The van der Waals surface area contributed by atoms with E-state index in [0.717, 1.165) is 22.4 Å². The minimum absolute atomic E-state index is 0.109. The molecule has 0 unspecified atom stereocenters. The standard InChI is InChI=1S/C15H22BrN3O3S/c1-4-19(3)10-17-14-9-13(16)15(18-11(14)2)22-12-5-7-23(20,21)8-6-12/h9-10,12H,4-8H2,1-3H3. The first-order valence-electron chi connectivity index (χ1n) is 7.59. The van der Waals surface area contributed by atoms with Crippen molar-refractivity contribution in [3.63, 3.8) is 0 Å². The molecule has 1 aliphatic heterocycles. The van der Waals surface area contributed by atoms with Gasteiger partial charge in [-0.1, -0.05) is 0 Å². The van der Waals surface area contributed by atoms with Crippen LogP contribution in [0.2, 0.25) is 0 Å². The first kappa shape index (κ1) is 18.2. The van der Waals surface area contributed by atoms with Crippen LogP contribution in [0.1, 0.15) is 25.5 Å². The zero-order chi connectivity index (χ0) is 17.0. The summed E-state index contributed by atoms with van der Waals surface area (Å²) in [4.78, 5) is 10.8. The lowest BCUT2D eigenvalue weighted by Crippen LogP contribution is -2.31. The van der Waals surface area contributed by atoms with E-state index in [0.29, 0.717) is 18.7 Å². The second-order valence-corrected chi connectivity index (χ2v) is 8.82. The molecule has 1 saturated heterocycles. The maximum Gasteiger partial charge on any atom is 0.228 e. The van der Waals surface area contributed by atoms with E-state index >= 15 is 0 Å². The molecule has 8 heteroatoms. The lowest BCUT2D eigenvalue weighted by molar-refractivity contribution is 0.180. The third kappa shape index (κ3) is 5.17. The number of nitrogens with zero attached hydrogens (tertiary/aromatic N) is 3. The SMILES string of the molecule is CCN(C)C=Nc1cc(Br)c(OC2CCS(=O)(=O)CC2)nc1C. The molecule has 23 heavy (non-hydrogen) atoms. The molecule has 128 valence electrons. The van der Waals surface area contributed by atoms with Crippen LogP contribution in [0.15, 0.2) is 15.5 Å². The monoisotopic (exact) mass is 403 g/mol. The summed E-state index contributed by atoms with van der Waals surface area (Å²) in [5.74, 6) is 0.856. The number of aromatic nitrogens is 1. The number of halogens is 1. The third-order valence-corrected chi connectivity index (χ3v) is 6.06. The van der Waals surface area contributed by atoms with Gasteiger partial charge in [-0.25, -0.2) is 18.4 Å². The summed E-state index contributed by atoms with van der Waals surface area (Å²) in [5.41, 5.74) is 1.54. The average Bonchev–Trinajstić information content (AvgIpc) is 2.50. The van der Waals surface area contributed by atoms with Gasteiger partial charge in [-0.3, -0.25) is 0 Å². The molecule has 0 atom stereocenters. The molecule has 0 aliphatic carbocycles. The van der Waals surface area contributed by atoms with Gasteiger partial charge in [0, 0.05) is 13.6 Å². The number of hydrogen-bond donors (Lipinski definition) is 0. The van der Waals surface area contributed by atoms with Gasteiger partial charge in [0.05, 0.1) is 33.7 Å². The zero-order valence-corrected chi connectivity index (χ0v) is 16.0. The molecular weight excluding hydrogens is 382 g/mol. The molecule has 1 aromatic heterocycles. The molecule has 0 N–H and O–H groups in total. The van der Waals surface area contributed by atoms with E-state index in [1.807, 2.05) is 31.9 Å². The summed E-state index contributed by atoms with van der Waals surface area (Å²) in [6.45, 7) is 4.81. The Kier molecular flexibility index (Phi) is 6.02. The van der Waals surface area contributed by atoms with Gasteiger partial charge < -0.3 is 9.64 Å². The van der Waals surface area contributed by atoms with Crippen LogP contribution in [0, 0.1) is 6.92 Å². The molecule has 1 fully saturated rings. The fraction of sp³-hybridized carbons (Fsp3) is 0.600. The smallest absolute Gasteiger partial charge is 0.228 e. The van der Waals surface area contributed by atoms with Crippen LogP contribution in [0.3, 0.4) is 0 Å². The van der Waals surface area contributed by atoms with E-state index in [9.17, 15) is 8.42 Å². The van der Waals surface area contributed by atoms with Gasteiger partial charge in [0.15, 0.2) is 9.84 Å². The maximum atomic E-state index is 11.5. The lowest BCUT2D eigenvalue weighted by atomic mass is 10.2. The van der Waals surface area contributed by atoms with Crippen molar-refractivity contribution in [2.45, 2.75) is 32.8 Å². The van der Waals surface area contributed by atoms with Crippen LogP contribution in [0.25, 0.3) is 0 Å². The first-order valence-corrected chi connectivity index (χ1v) is 10.2. The average molecular weight is 404 g/mol. The van der Waals surface area contributed by atoms with Crippen molar-refractivity contribution in [3.05, 3.63) is 16.2 Å². The molecule has 0 bridgehead atoms. The van der Waals surface area contributed by atoms with Gasteiger partial charge in [0.25, 0.3) is 0 Å². The Morgan fingerprint density at radius 1 is 1.48 bits per heavy atom. The van der Waals surface area contributed by atoms with E-state index in [1.54, 1.807) is 6.34 Å². The molecule has 1 aromatic rings. The Morgan fingerprint density at radius 2 is 2.13 bits per heavy atom. The number of aliphatic imine (C=N–C) groups is 1. The van der Waals surface area contributed by atoms with Gasteiger partial charge in [0.1, 0.15) is 6.10 Å². The van der Waals surface area contributed by atoms with Crippen molar-refractivity contribution < 1.29 is 13.2 Å². The van der Waals surface area contributed by atoms with E-state index in [4.69, 9.17) is 4.74 Å². The van der Waals surface area contributed by atoms with Crippen molar-refractivity contribution in [3.8, 4) is 5.88 Å². The maximum absolute atomic E-state index is 11.5. The Balaban J connectivity index is 2.09. The molecule has 6 nitrogen and oxygen atoms in total. The first-order chi connectivity index (χ1) is 10.8. The fourth-order valence-electron chi connectivity index (χ4n) is 2.15. The van der Waals surface area contributed by atoms with Crippen molar-refractivity contribution in [1.82, 2.24) is 9.88 Å². The molecule has 2 heterocycles. The molecule has 0 spiro atoms. The van der Waals surface area contributed by atoms with Crippen LogP contribution in [-0.2, 0) is 9.84 Å². The molecular formula is C15H22BrN3O3S. The summed E-state index contributed by atoms with van der Waals surface area (Å²) in [6.07, 6.45) is 2.68. The summed E-state index contributed by atoms with van der Waals surface area (Å²) in [7, 11) is -0.933. The number of ether oxygens (including phenoxy) is 1. The predicted octanol–water partition coefficient (Wildman–Crippen LogP) is 2.72. The van der Waals surface area contributed by atoms with Crippen LogP contribution < -0.4 is 4.74 Å². The van der Waals surface area contributed by atoms with Crippen LogP contribution in [0.5, 0.6) is 5.88 Å². The highest BCUT2D eigenvalue weighted by molar-refractivity contribution is 9.10. The number of hydrogen-bond acceptors (Lipinski definition) is 5. The van der Waals surface area contributed by atoms with Crippen molar-refractivity contribution in [1.29, 1.82) is 0 Å². The van der Waals surface area contributed by atoms with Gasteiger partial charge in [-0.05, 0) is 48.7 Å². The van der Waals surface area contributed by atoms with E-state index in [-0.39, 0.29) is 17.6 Å². The number of aryl methyl sites for hydroxylation is 1. The second kappa shape index (κ2) is 7.61.